The number of hydrogen-bond acceptors (Lipinski definition) is 4. The number of piperazine rings is 1. The Labute approximate surface area is 133 Å². The molecule has 1 unspecified atom stereocenters. The minimum atomic E-state index is -0.0215. The third kappa shape index (κ3) is 5.40. The fourth-order valence-electron chi connectivity index (χ4n) is 2.54. The highest BCUT2D eigenvalue weighted by atomic mass is 16.1. The van der Waals surface area contributed by atoms with Crippen LogP contribution in [0.3, 0.4) is 0 Å². The maximum absolute atomic E-state index is 12.0. The zero-order chi connectivity index (χ0) is 15.9. The van der Waals surface area contributed by atoms with Crippen LogP contribution in [0, 0.1) is 0 Å². The van der Waals surface area contributed by atoms with Gasteiger partial charge in [0.25, 0.3) is 5.91 Å². The molecule has 0 aliphatic carbocycles. The summed E-state index contributed by atoms with van der Waals surface area (Å²) >= 11 is 0. The molecular formula is C17H28N4O. The van der Waals surface area contributed by atoms with Crippen LogP contribution in [0.25, 0.3) is 0 Å². The van der Waals surface area contributed by atoms with E-state index in [1.54, 1.807) is 0 Å². The van der Waals surface area contributed by atoms with Gasteiger partial charge in [0.2, 0.25) is 0 Å². The topological polar surface area (TPSA) is 61.6 Å². The number of likely N-dealkylation sites (N-methyl/N-ethyl adjacent to an activating group) is 1. The van der Waals surface area contributed by atoms with Crippen molar-refractivity contribution in [2.24, 2.45) is 5.73 Å². The van der Waals surface area contributed by atoms with Gasteiger partial charge in [-0.3, -0.25) is 9.69 Å². The summed E-state index contributed by atoms with van der Waals surface area (Å²) < 4.78 is 0. The summed E-state index contributed by atoms with van der Waals surface area (Å²) in [6.45, 7) is 7.99. The summed E-state index contributed by atoms with van der Waals surface area (Å²) in [5, 5.41) is 2.90. The number of rotatable bonds is 6. The Bertz CT molecular complexity index is 464. The zero-order valence-corrected chi connectivity index (χ0v) is 13.7. The standard InChI is InChI=1S/C17H28N4O/c1-14(18)7-8-19-17(22)16-5-3-15(4-6-16)13-21-11-9-20(2)10-12-21/h3-6,14H,7-13,18H2,1-2H3,(H,19,22). The quantitative estimate of drug-likeness (QED) is 0.820. The first kappa shape index (κ1) is 16.9. The van der Waals surface area contributed by atoms with Crippen LogP contribution in [0.4, 0.5) is 0 Å². The molecule has 0 radical (unpaired) electrons. The van der Waals surface area contributed by atoms with Crippen molar-refractivity contribution in [3.8, 4) is 0 Å². The van der Waals surface area contributed by atoms with Gasteiger partial charge in [-0.15, -0.1) is 0 Å². The fourth-order valence-corrected chi connectivity index (χ4v) is 2.54. The van der Waals surface area contributed by atoms with Crippen molar-refractivity contribution in [2.45, 2.75) is 25.9 Å². The largest absolute Gasteiger partial charge is 0.352 e. The van der Waals surface area contributed by atoms with Crippen LogP contribution in [-0.4, -0.2) is 61.5 Å². The normalized spacial score (nSPS) is 18.1. The number of nitrogens with zero attached hydrogens (tertiary/aromatic N) is 2. The van der Waals surface area contributed by atoms with Gasteiger partial charge in [-0.2, -0.15) is 0 Å². The number of nitrogens with one attached hydrogen (secondary N) is 1. The second-order valence-electron chi connectivity index (χ2n) is 6.30. The molecule has 0 bridgehead atoms. The van der Waals surface area contributed by atoms with Crippen LogP contribution >= 0.6 is 0 Å². The average Bonchev–Trinajstić information content (AvgIpc) is 2.50. The molecule has 5 nitrogen and oxygen atoms in total. The van der Waals surface area contributed by atoms with Gasteiger partial charge in [0, 0.05) is 50.9 Å². The van der Waals surface area contributed by atoms with E-state index in [-0.39, 0.29) is 11.9 Å². The lowest BCUT2D eigenvalue weighted by molar-refractivity contribution is 0.0952. The predicted octanol–water partition coefficient (Wildman–Crippen LogP) is 0.901. The lowest BCUT2D eigenvalue weighted by Gasteiger charge is -2.32. The fraction of sp³-hybridized carbons (Fsp3) is 0.588. The number of benzene rings is 1. The van der Waals surface area contributed by atoms with Gasteiger partial charge in [-0.05, 0) is 38.1 Å². The molecule has 1 amide bonds. The molecule has 1 heterocycles. The summed E-state index contributed by atoms with van der Waals surface area (Å²) in [6.07, 6.45) is 0.799. The molecule has 122 valence electrons. The van der Waals surface area contributed by atoms with E-state index in [9.17, 15) is 4.79 Å². The van der Waals surface area contributed by atoms with Crippen molar-refractivity contribution in [3.05, 3.63) is 35.4 Å². The van der Waals surface area contributed by atoms with Gasteiger partial charge >= 0.3 is 0 Å². The van der Waals surface area contributed by atoms with E-state index in [0.717, 1.165) is 39.1 Å². The molecule has 1 atom stereocenters. The van der Waals surface area contributed by atoms with Crippen molar-refractivity contribution >= 4 is 5.91 Å². The summed E-state index contributed by atoms with van der Waals surface area (Å²) in [6, 6.07) is 8.04. The number of nitrogens with two attached hydrogens (primary N) is 1. The summed E-state index contributed by atoms with van der Waals surface area (Å²) in [5.74, 6) is -0.0215. The van der Waals surface area contributed by atoms with Gasteiger partial charge in [0.05, 0.1) is 0 Å². The maximum Gasteiger partial charge on any atom is 0.251 e. The second-order valence-corrected chi connectivity index (χ2v) is 6.30. The molecule has 0 aromatic heterocycles. The van der Waals surface area contributed by atoms with E-state index < -0.39 is 0 Å². The lowest BCUT2D eigenvalue weighted by atomic mass is 10.1. The molecule has 0 spiro atoms. The minimum Gasteiger partial charge on any atom is -0.352 e. The second kappa shape index (κ2) is 8.27. The molecule has 1 aliphatic rings. The van der Waals surface area contributed by atoms with E-state index in [0.29, 0.717) is 12.1 Å². The SMILES string of the molecule is CC(N)CCNC(=O)c1ccc(CN2CCN(C)CC2)cc1. The number of carbonyl (C=O) groups is 1. The van der Waals surface area contributed by atoms with Gasteiger partial charge in [-0.1, -0.05) is 12.1 Å². The molecule has 1 aromatic rings. The first-order valence-electron chi connectivity index (χ1n) is 8.08. The molecule has 1 aromatic carbocycles. The lowest BCUT2D eigenvalue weighted by Crippen LogP contribution is -2.43. The van der Waals surface area contributed by atoms with Crippen molar-refractivity contribution in [2.75, 3.05) is 39.8 Å². The summed E-state index contributed by atoms with van der Waals surface area (Å²) in [4.78, 5) is 16.8. The van der Waals surface area contributed by atoms with Crippen LogP contribution in [-0.2, 0) is 6.54 Å². The maximum atomic E-state index is 12.0. The van der Waals surface area contributed by atoms with Crippen LogP contribution in [0.2, 0.25) is 0 Å². The molecule has 1 aliphatic heterocycles. The highest BCUT2D eigenvalue weighted by Crippen LogP contribution is 2.09. The third-order valence-corrected chi connectivity index (χ3v) is 4.10. The Balaban J connectivity index is 1.80. The molecule has 0 saturated carbocycles. The van der Waals surface area contributed by atoms with E-state index in [2.05, 4.69) is 34.3 Å². The van der Waals surface area contributed by atoms with Gasteiger partial charge in [0.1, 0.15) is 0 Å². The van der Waals surface area contributed by atoms with E-state index >= 15 is 0 Å². The Hall–Kier alpha value is -1.43. The Morgan fingerprint density at radius 1 is 1.23 bits per heavy atom. The smallest absolute Gasteiger partial charge is 0.251 e. The van der Waals surface area contributed by atoms with Crippen LogP contribution in [0.5, 0.6) is 0 Å². The van der Waals surface area contributed by atoms with E-state index in [1.807, 2.05) is 19.1 Å². The van der Waals surface area contributed by atoms with E-state index in [1.165, 1.54) is 5.56 Å². The van der Waals surface area contributed by atoms with E-state index in [4.69, 9.17) is 5.73 Å². The van der Waals surface area contributed by atoms with Gasteiger partial charge in [-0.25, -0.2) is 0 Å². The highest BCUT2D eigenvalue weighted by molar-refractivity contribution is 5.94. The van der Waals surface area contributed by atoms with Crippen molar-refractivity contribution in [3.63, 3.8) is 0 Å². The number of amides is 1. The minimum absolute atomic E-state index is 0.0215. The molecule has 22 heavy (non-hydrogen) atoms. The predicted molar refractivity (Wildman–Crippen MR) is 89.8 cm³/mol. The van der Waals surface area contributed by atoms with Crippen molar-refractivity contribution in [1.82, 2.24) is 15.1 Å². The Kier molecular flexibility index (Phi) is 6.36. The van der Waals surface area contributed by atoms with Crippen LogP contribution in [0.15, 0.2) is 24.3 Å². The van der Waals surface area contributed by atoms with Crippen LogP contribution in [0.1, 0.15) is 29.3 Å². The van der Waals surface area contributed by atoms with Crippen molar-refractivity contribution in [1.29, 1.82) is 0 Å². The Morgan fingerprint density at radius 3 is 2.45 bits per heavy atom. The van der Waals surface area contributed by atoms with Gasteiger partial charge in [0.15, 0.2) is 0 Å². The molecule has 1 saturated heterocycles. The molecule has 3 N–H and O–H groups in total. The molecule has 5 heteroatoms. The number of hydrogen-bond donors (Lipinski definition) is 2. The Morgan fingerprint density at radius 2 is 1.86 bits per heavy atom. The zero-order valence-electron chi connectivity index (χ0n) is 13.7. The summed E-state index contributed by atoms with van der Waals surface area (Å²) in [5.41, 5.74) is 7.65. The molecule has 1 fully saturated rings. The summed E-state index contributed by atoms with van der Waals surface area (Å²) in [7, 11) is 2.16. The number of carbonyl (C=O) groups excluding carboxylic acids is 1. The molecular weight excluding hydrogens is 276 g/mol. The third-order valence-electron chi connectivity index (χ3n) is 4.10. The average molecular weight is 304 g/mol. The first-order chi connectivity index (χ1) is 10.5. The van der Waals surface area contributed by atoms with Gasteiger partial charge < -0.3 is 16.0 Å². The first-order valence-corrected chi connectivity index (χ1v) is 8.08. The highest BCUT2D eigenvalue weighted by Gasteiger charge is 2.14. The monoisotopic (exact) mass is 304 g/mol. The molecule has 2 rings (SSSR count). The van der Waals surface area contributed by atoms with Crippen LogP contribution < -0.4 is 11.1 Å². The van der Waals surface area contributed by atoms with Crippen molar-refractivity contribution < 1.29 is 4.79 Å².